The van der Waals surface area contributed by atoms with Crippen molar-refractivity contribution >= 4 is 23.5 Å². The average molecular weight is 331 g/mol. The van der Waals surface area contributed by atoms with Crippen molar-refractivity contribution in [1.29, 1.82) is 0 Å². The van der Waals surface area contributed by atoms with Crippen LogP contribution in [0, 0.1) is 0 Å². The molecular formula is C11H24BrO4P. The van der Waals surface area contributed by atoms with Gasteiger partial charge in [-0.3, -0.25) is 4.57 Å². The summed E-state index contributed by atoms with van der Waals surface area (Å²) in [4.78, 5) is 0. The number of unbranched alkanes of at least 4 members (excludes halogenated alkanes) is 2. The average Bonchev–Trinajstić information content (AvgIpc) is 2.28. The molecule has 2 atom stereocenters. The van der Waals surface area contributed by atoms with Crippen molar-refractivity contribution in [2.24, 2.45) is 0 Å². The van der Waals surface area contributed by atoms with Gasteiger partial charge in [-0.25, -0.2) is 0 Å². The topological polar surface area (TPSA) is 55.8 Å². The summed E-state index contributed by atoms with van der Waals surface area (Å²) in [5.41, 5.74) is 0. The highest BCUT2D eigenvalue weighted by atomic mass is 79.9. The maximum Gasteiger partial charge on any atom is 0.346 e. The summed E-state index contributed by atoms with van der Waals surface area (Å²) >= 11 is 3.21. The molecule has 1 N–H and O–H groups in total. The third-order valence-corrected chi connectivity index (χ3v) is 6.63. The third-order valence-electron chi connectivity index (χ3n) is 2.24. The standard InChI is InChI=1S/C11H24BrO4P/c1-4-6-8-15-17(14,11(12)10(3)13)16-9-7-5-2/h10-11,13H,4-9H2,1-3H3. The minimum absolute atomic E-state index is 0.398. The molecule has 0 amide bonds. The van der Waals surface area contributed by atoms with Gasteiger partial charge in [-0.15, -0.1) is 0 Å². The number of hydrogen-bond donors (Lipinski definition) is 1. The van der Waals surface area contributed by atoms with E-state index >= 15 is 0 Å². The Morgan fingerprint density at radius 3 is 1.88 bits per heavy atom. The summed E-state index contributed by atoms with van der Waals surface area (Å²) in [5.74, 6) is 0. The summed E-state index contributed by atoms with van der Waals surface area (Å²) in [6.45, 7) is 6.43. The van der Waals surface area contributed by atoms with E-state index in [2.05, 4.69) is 15.9 Å². The van der Waals surface area contributed by atoms with E-state index < -0.39 is 18.3 Å². The first-order valence-electron chi connectivity index (χ1n) is 6.18. The second-order valence-corrected chi connectivity index (χ2v) is 7.87. The Labute approximate surface area is 113 Å². The van der Waals surface area contributed by atoms with E-state index in [-0.39, 0.29) is 0 Å². The van der Waals surface area contributed by atoms with E-state index in [1.165, 1.54) is 0 Å². The Kier molecular flexibility index (Phi) is 9.84. The van der Waals surface area contributed by atoms with Gasteiger partial charge in [-0.1, -0.05) is 42.6 Å². The smallest absolute Gasteiger partial charge is 0.346 e. The third kappa shape index (κ3) is 6.92. The zero-order valence-corrected chi connectivity index (χ0v) is 13.4. The maximum absolute atomic E-state index is 12.5. The van der Waals surface area contributed by atoms with E-state index in [1.807, 2.05) is 13.8 Å². The lowest BCUT2D eigenvalue weighted by atomic mass is 10.4. The van der Waals surface area contributed by atoms with Crippen LogP contribution in [0.5, 0.6) is 0 Å². The molecule has 0 saturated carbocycles. The molecule has 0 aliphatic rings. The summed E-state index contributed by atoms with van der Waals surface area (Å²) in [7, 11) is -3.26. The van der Waals surface area contributed by atoms with Crippen LogP contribution in [-0.2, 0) is 13.6 Å². The Bertz CT molecular complexity index is 222. The molecule has 6 heteroatoms. The lowest BCUT2D eigenvalue weighted by molar-refractivity contribution is 0.165. The number of alkyl halides is 1. The van der Waals surface area contributed by atoms with Crippen molar-refractivity contribution in [2.45, 2.75) is 57.1 Å². The molecule has 0 aromatic rings. The molecule has 17 heavy (non-hydrogen) atoms. The lowest BCUT2D eigenvalue weighted by Gasteiger charge is -2.24. The molecule has 0 aliphatic carbocycles. The summed E-state index contributed by atoms with van der Waals surface area (Å²) < 4.78 is 22.5. The van der Waals surface area contributed by atoms with Gasteiger partial charge < -0.3 is 14.2 Å². The molecule has 0 aliphatic heterocycles. The molecule has 2 unspecified atom stereocenters. The molecule has 0 radical (unpaired) electrons. The minimum atomic E-state index is -3.26. The number of rotatable bonds is 10. The predicted molar refractivity (Wildman–Crippen MR) is 73.7 cm³/mol. The summed E-state index contributed by atoms with van der Waals surface area (Å²) in [5, 5.41) is 9.49. The van der Waals surface area contributed by atoms with Crippen LogP contribution in [0.4, 0.5) is 0 Å². The highest BCUT2D eigenvalue weighted by Crippen LogP contribution is 2.57. The zero-order valence-electron chi connectivity index (χ0n) is 10.9. The number of halogens is 1. The Morgan fingerprint density at radius 1 is 1.18 bits per heavy atom. The van der Waals surface area contributed by atoms with Crippen molar-refractivity contribution in [1.82, 2.24) is 0 Å². The van der Waals surface area contributed by atoms with Crippen molar-refractivity contribution in [3.8, 4) is 0 Å². The first-order chi connectivity index (χ1) is 7.98. The second kappa shape index (κ2) is 9.51. The van der Waals surface area contributed by atoms with Crippen LogP contribution in [0.3, 0.4) is 0 Å². The fraction of sp³-hybridized carbons (Fsp3) is 1.00. The highest BCUT2D eigenvalue weighted by molar-refractivity contribution is 9.10. The first-order valence-corrected chi connectivity index (χ1v) is 8.71. The molecule has 4 nitrogen and oxygen atoms in total. The van der Waals surface area contributed by atoms with Gasteiger partial charge in [0.1, 0.15) is 4.57 Å². The maximum atomic E-state index is 12.5. The molecule has 104 valence electrons. The van der Waals surface area contributed by atoms with Gasteiger partial charge in [-0.2, -0.15) is 0 Å². The van der Waals surface area contributed by atoms with E-state index in [9.17, 15) is 9.67 Å². The summed E-state index contributed by atoms with van der Waals surface area (Å²) in [6.07, 6.45) is 2.83. The molecule has 0 aromatic carbocycles. The van der Waals surface area contributed by atoms with E-state index in [4.69, 9.17) is 9.05 Å². The van der Waals surface area contributed by atoms with Crippen molar-refractivity contribution < 1.29 is 18.7 Å². The van der Waals surface area contributed by atoms with Gasteiger partial charge in [0, 0.05) is 0 Å². The van der Waals surface area contributed by atoms with Crippen molar-refractivity contribution in [3.63, 3.8) is 0 Å². The van der Waals surface area contributed by atoms with Gasteiger partial charge in [-0.05, 0) is 19.8 Å². The fourth-order valence-corrected chi connectivity index (χ4v) is 3.48. The molecule has 0 heterocycles. The number of aliphatic hydroxyl groups is 1. The largest absolute Gasteiger partial charge is 0.392 e. The van der Waals surface area contributed by atoms with Crippen LogP contribution in [0.15, 0.2) is 0 Å². The van der Waals surface area contributed by atoms with Gasteiger partial charge >= 0.3 is 7.60 Å². The van der Waals surface area contributed by atoms with Gasteiger partial charge in [0.2, 0.25) is 0 Å². The van der Waals surface area contributed by atoms with E-state index in [0.717, 1.165) is 25.7 Å². The van der Waals surface area contributed by atoms with Crippen LogP contribution in [0.2, 0.25) is 0 Å². The monoisotopic (exact) mass is 330 g/mol. The van der Waals surface area contributed by atoms with Crippen LogP contribution in [0.1, 0.15) is 46.5 Å². The Balaban J connectivity index is 4.40. The van der Waals surface area contributed by atoms with E-state index in [1.54, 1.807) is 6.92 Å². The molecule has 0 fully saturated rings. The second-order valence-electron chi connectivity index (χ2n) is 4.03. The van der Waals surface area contributed by atoms with Crippen LogP contribution < -0.4 is 0 Å². The Hall–Kier alpha value is 0.590. The normalized spacial score (nSPS) is 15.8. The van der Waals surface area contributed by atoms with Crippen molar-refractivity contribution in [2.75, 3.05) is 13.2 Å². The van der Waals surface area contributed by atoms with E-state index in [0.29, 0.717) is 13.2 Å². The molecular weight excluding hydrogens is 307 g/mol. The molecule has 0 saturated heterocycles. The molecule has 0 bridgehead atoms. The summed E-state index contributed by atoms with van der Waals surface area (Å²) in [6, 6.07) is 0. The predicted octanol–water partition coefficient (Wildman–Crippen LogP) is 3.91. The van der Waals surface area contributed by atoms with Gasteiger partial charge in [0.25, 0.3) is 0 Å². The van der Waals surface area contributed by atoms with Crippen molar-refractivity contribution in [3.05, 3.63) is 0 Å². The molecule has 0 rings (SSSR count). The Morgan fingerprint density at radius 2 is 1.59 bits per heavy atom. The van der Waals surface area contributed by atoms with Gasteiger partial charge in [0.15, 0.2) is 0 Å². The first kappa shape index (κ1) is 17.6. The van der Waals surface area contributed by atoms with Gasteiger partial charge in [0.05, 0.1) is 19.3 Å². The fourth-order valence-electron chi connectivity index (χ4n) is 1.12. The lowest BCUT2D eigenvalue weighted by Crippen LogP contribution is -2.20. The molecule has 0 aromatic heterocycles. The van der Waals surface area contributed by atoms with Crippen LogP contribution in [-0.4, -0.2) is 29.0 Å². The highest BCUT2D eigenvalue weighted by Gasteiger charge is 2.37. The SMILES string of the molecule is CCCCOP(=O)(OCCCC)C(Br)C(C)O. The van der Waals surface area contributed by atoms with Crippen LogP contribution >= 0.6 is 23.5 Å². The number of aliphatic hydroxyl groups excluding tert-OH is 1. The number of hydrogen-bond acceptors (Lipinski definition) is 4. The molecule has 0 spiro atoms. The quantitative estimate of drug-likeness (QED) is 0.375. The zero-order chi connectivity index (χ0) is 13.3. The minimum Gasteiger partial charge on any atom is -0.392 e. The van der Waals surface area contributed by atoms with Crippen LogP contribution in [0.25, 0.3) is 0 Å².